The Hall–Kier alpha value is -2.88. The molecule has 40 heavy (non-hydrogen) atoms. The summed E-state index contributed by atoms with van der Waals surface area (Å²) in [5.41, 5.74) is 1.99. The molecule has 1 aliphatic rings. The molecule has 0 spiro atoms. The van der Waals surface area contributed by atoms with Crippen LogP contribution in [0.25, 0.3) is 0 Å². The summed E-state index contributed by atoms with van der Waals surface area (Å²) in [6.07, 6.45) is 5.25. The summed E-state index contributed by atoms with van der Waals surface area (Å²) in [6, 6.07) is 22.5. The van der Waals surface area contributed by atoms with Gasteiger partial charge in [-0.05, 0) is 60.4 Å². The molecule has 3 aromatic carbocycles. The van der Waals surface area contributed by atoms with Crippen molar-refractivity contribution >= 4 is 55.1 Å². The van der Waals surface area contributed by atoms with Crippen LogP contribution in [-0.4, -0.2) is 50.0 Å². The lowest BCUT2D eigenvalue weighted by Crippen LogP contribution is -2.54. The molecule has 0 radical (unpaired) electrons. The van der Waals surface area contributed by atoms with Gasteiger partial charge in [-0.15, -0.1) is 0 Å². The van der Waals surface area contributed by atoms with Gasteiger partial charge in [0.05, 0.1) is 11.9 Å². The van der Waals surface area contributed by atoms with E-state index in [9.17, 15) is 18.0 Å². The van der Waals surface area contributed by atoms with Crippen molar-refractivity contribution in [2.45, 2.75) is 50.7 Å². The van der Waals surface area contributed by atoms with Crippen LogP contribution in [0.5, 0.6) is 0 Å². The highest BCUT2D eigenvalue weighted by atomic mass is 79.9. The molecule has 1 fully saturated rings. The number of rotatable bonds is 11. The van der Waals surface area contributed by atoms with Gasteiger partial charge in [-0.3, -0.25) is 13.9 Å². The summed E-state index contributed by atoms with van der Waals surface area (Å²) in [6.45, 7) is -0.365. The Morgan fingerprint density at radius 3 is 2.25 bits per heavy atom. The topological polar surface area (TPSA) is 86.8 Å². The Morgan fingerprint density at radius 2 is 1.62 bits per heavy atom. The molecular formula is C30H33BrClN3O4S. The predicted molar refractivity (Wildman–Crippen MR) is 163 cm³/mol. The van der Waals surface area contributed by atoms with Crippen LogP contribution in [0.15, 0.2) is 83.3 Å². The zero-order valence-electron chi connectivity index (χ0n) is 22.3. The first-order chi connectivity index (χ1) is 19.1. The van der Waals surface area contributed by atoms with Crippen LogP contribution in [0.4, 0.5) is 5.69 Å². The Kier molecular flexibility index (Phi) is 10.3. The third-order valence-electron chi connectivity index (χ3n) is 7.01. The lowest BCUT2D eigenvalue weighted by Gasteiger charge is -2.34. The summed E-state index contributed by atoms with van der Waals surface area (Å²) in [7, 11) is -3.81. The highest BCUT2D eigenvalue weighted by molar-refractivity contribution is 9.10. The molecule has 1 saturated carbocycles. The number of nitrogens with one attached hydrogen (secondary N) is 1. The van der Waals surface area contributed by atoms with E-state index in [0.717, 1.165) is 51.8 Å². The van der Waals surface area contributed by atoms with Gasteiger partial charge >= 0.3 is 0 Å². The minimum atomic E-state index is -3.81. The minimum Gasteiger partial charge on any atom is -0.352 e. The number of anilines is 1. The average Bonchev–Trinajstić information content (AvgIpc) is 3.43. The number of nitrogens with zero attached hydrogens (tertiary/aromatic N) is 2. The van der Waals surface area contributed by atoms with Crippen molar-refractivity contribution in [1.29, 1.82) is 0 Å². The van der Waals surface area contributed by atoms with Crippen molar-refractivity contribution in [2.24, 2.45) is 0 Å². The van der Waals surface area contributed by atoms with Crippen molar-refractivity contribution in [3.8, 4) is 0 Å². The molecule has 1 atom stereocenters. The van der Waals surface area contributed by atoms with Crippen molar-refractivity contribution in [3.63, 3.8) is 0 Å². The third kappa shape index (κ3) is 8.32. The normalized spacial score (nSPS) is 14.5. The molecule has 0 unspecified atom stereocenters. The van der Waals surface area contributed by atoms with Gasteiger partial charge in [0, 0.05) is 28.5 Å². The van der Waals surface area contributed by atoms with Gasteiger partial charge in [-0.1, -0.05) is 82.8 Å². The first-order valence-corrected chi connectivity index (χ1v) is 16.2. The van der Waals surface area contributed by atoms with E-state index in [0.29, 0.717) is 10.7 Å². The fraction of sp³-hybridized carbons (Fsp3) is 0.333. The first kappa shape index (κ1) is 30.1. The smallest absolute Gasteiger partial charge is 0.244 e. The largest absolute Gasteiger partial charge is 0.352 e. The Bertz CT molecular complexity index is 1410. The van der Waals surface area contributed by atoms with Gasteiger partial charge in [0.25, 0.3) is 0 Å². The summed E-state index contributed by atoms with van der Waals surface area (Å²) >= 11 is 9.62. The van der Waals surface area contributed by atoms with E-state index >= 15 is 0 Å². The summed E-state index contributed by atoms with van der Waals surface area (Å²) < 4.78 is 27.6. The molecule has 10 heteroatoms. The van der Waals surface area contributed by atoms with Crippen molar-refractivity contribution in [2.75, 3.05) is 17.1 Å². The molecular weight excluding hydrogens is 614 g/mol. The van der Waals surface area contributed by atoms with Crippen molar-refractivity contribution in [1.82, 2.24) is 10.2 Å². The minimum absolute atomic E-state index is 0.0594. The highest BCUT2D eigenvalue weighted by Crippen LogP contribution is 2.24. The first-order valence-electron chi connectivity index (χ1n) is 13.2. The number of carbonyl (C=O) groups excluding carboxylic acids is 2. The average molecular weight is 647 g/mol. The number of halogens is 2. The summed E-state index contributed by atoms with van der Waals surface area (Å²) in [5.74, 6) is -0.739. The molecule has 2 amide bonds. The fourth-order valence-corrected chi connectivity index (χ4v) is 6.30. The van der Waals surface area contributed by atoms with Gasteiger partial charge in [-0.2, -0.15) is 0 Å². The number of benzene rings is 3. The Morgan fingerprint density at radius 1 is 0.975 bits per heavy atom. The molecule has 212 valence electrons. The van der Waals surface area contributed by atoms with E-state index < -0.39 is 28.5 Å². The van der Waals surface area contributed by atoms with Crippen LogP contribution in [0.3, 0.4) is 0 Å². The molecule has 0 aromatic heterocycles. The predicted octanol–water partition coefficient (Wildman–Crippen LogP) is 5.57. The highest BCUT2D eigenvalue weighted by Gasteiger charge is 2.34. The molecule has 1 N–H and O–H groups in total. The molecule has 4 rings (SSSR count). The van der Waals surface area contributed by atoms with Crippen LogP contribution in [0.2, 0.25) is 5.02 Å². The number of hydrogen-bond donors (Lipinski definition) is 1. The number of sulfonamides is 1. The maximum atomic E-state index is 14.1. The zero-order valence-corrected chi connectivity index (χ0v) is 25.5. The van der Waals surface area contributed by atoms with Crippen LogP contribution in [0.1, 0.15) is 36.8 Å². The van der Waals surface area contributed by atoms with Crippen LogP contribution in [-0.2, 0) is 32.6 Å². The lowest BCUT2D eigenvalue weighted by molar-refractivity contribution is -0.140. The maximum absolute atomic E-state index is 14.1. The van der Waals surface area contributed by atoms with Crippen LogP contribution < -0.4 is 9.62 Å². The van der Waals surface area contributed by atoms with Gasteiger partial charge in [0.1, 0.15) is 12.6 Å². The van der Waals surface area contributed by atoms with E-state index in [4.69, 9.17) is 11.6 Å². The van der Waals surface area contributed by atoms with Gasteiger partial charge < -0.3 is 10.2 Å². The number of amides is 2. The van der Waals surface area contributed by atoms with E-state index in [1.165, 1.54) is 4.90 Å². The zero-order chi connectivity index (χ0) is 28.7. The summed E-state index contributed by atoms with van der Waals surface area (Å²) in [4.78, 5) is 29.4. The SMILES string of the molecule is CS(=O)(=O)N(CC(=O)N(Cc1cccc(Cl)c1)[C@@H](Cc1ccccc1)C(=O)NC1CCCC1)c1ccc(Br)cc1. The van der Waals surface area contributed by atoms with Gasteiger partial charge in [0.2, 0.25) is 21.8 Å². The van der Waals surface area contributed by atoms with E-state index in [1.807, 2.05) is 36.4 Å². The van der Waals surface area contributed by atoms with Crippen molar-refractivity contribution in [3.05, 3.63) is 99.5 Å². The molecule has 0 bridgehead atoms. The van der Waals surface area contributed by atoms with Crippen LogP contribution >= 0.6 is 27.5 Å². The number of hydrogen-bond acceptors (Lipinski definition) is 4. The third-order valence-corrected chi connectivity index (χ3v) is 8.91. The van der Waals surface area contributed by atoms with Crippen LogP contribution in [0, 0.1) is 0 Å². The van der Waals surface area contributed by atoms with Gasteiger partial charge in [-0.25, -0.2) is 8.42 Å². The van der Waals surface area contributed by atoms with E-state index in [-0.39, 0.29) is 24.9 Å². The molecule has 7 nitrogen and oxygen atoms in total. The molecule has 1 aliphatic carbocycles. The lowest BCUT2D eigenvalue weighted by atomic mass is 10.0. The molecule has 0 aliphatic heterocycles. The Balaban J connectivity index is 1.72. The fourth-order valence-electron chi connectivity index (χ4n) is 4.97. The Labute approximate surface area is 249 Å². The molecule has 3 aromatic rings. The standard InChI is InChI=1S/C30H33BrClN3O4S/c1-40(38,39)35(27-16-14-24(31)15-17-27)21-29(36)34(20-23-10-7-11-25(32)18-23)28(19-22-8-3-2-4-9-22)30(37)33-26-12-5-6-13-26/h2-4,7-11,14-18,26,28H,5-6,12-13,19-21H2,1H3,(H,33,37)/t28-/m0/s1. The van der Waals surface area contributed by atoms with Gasteiger partial charge in [0.15, 0.2) is 0 Å². The monoisotopic (exact) mass is 645 g/mol. The second-order valence-electron chi connectivity index (χ2n) is 10.1. The number of carbonyl (C=O) groups is 2. The molecule has 0 saturated heterocycles. The summed E-state index contributed by atoms with van der Waals surface area (Å²) in [5, 5.41) is 3.66. The van der Waals surface area contributed by atoms with Crippen molar-refractivity contribution < 1.29 is 18.0 Å². The van der Waals surface area contributed by atoms with E-state index in [1.54, 1.807) is 42.5 Å². The molecule has 0 heterocycles. The second kappa shape index (κ2) is 13.7. The quantitative estimate of drug-likeness (QED) is 0.295. The van der Waals surface area contributed by atoms with E-state index in [2.05, 4.69) is 21.2 Å². The maximum Gasteiger partial charge on any atom is 0.244 e. The second-order valence-corrected chi connectivity index (χ2v) is 13.4.